The van der Waals surface area contributed by atoms with Crippen LogP contribution in [0.4, 0.5) is 8.78 Å². The molecular weight excluding hydrogens is 270 g/mol. The Labute approximate surface area is 126 Å². The fourth-order valence-corrected chi connectivity index (χ4v) is 2.99. The van der Waals surface area contributed by atoms with Crippen molar-refractivity contribution in [3.63, 3.8) is 0 Å². The van der Waals surface area contributed by atoms with Crippen LogP contribution in [0.1, 0.15) is 51.1 Å². The van der Waals surface area contributed by atoms with E-state index in [1.165, 1.54) is 31.5 Å². The summed E-state index contributed by atoms with van der Waals surface area (Å²) in [6.07, 6.45) is 4.63. The Bertz CT molecular complexity index is 442. The molecule has 21 heavy (non-hydrogen) atoms. The number of halogens is 2. The molecule has 1 aromatic rings. The molecule has 1 aromatic carbocycles. The molecule has 0 spiro atoms. The van der Waals surface area contributed by atoms with Gasteiger partial charge in [0.15, 0.2) is 0 Å². The van der Waals surface area contributed by atoms with E-state index in [-0.39, 0.29) is 17.7 Å². The molecule has 4 heteroatoms. The molecule has 1 saturated heterocycles. The van der Waals surface area contributed by atoms with Crippen molar-refractivity contribution in [1.82, 2.24) is 10.2 Å². The van der Waals surface area contributed by atoms with Gasteiger partial charge in [0.25, 0.3) is 0 Å². The normalized spacial score (nSPS) is 18.9. The lowest BCUT2D eigenvalue weighted by Gasteiger charge is -2.34. The molecule has 1 aliphatic heterocycles. The molecule has 1 unspecified atom stereocenters. The molecular formula is C17H26F2N2. The molecule has 0 aliphatic carbocycles. The van der Waals surface area contributed by atoms with Crippen LogP contribution in [0.2, 0.25) is 0 Å². The SMILES string of the molecule is CCCCN1CCC(NC(C)c2cc(F)ccc2F)CC1. The highest BCUT2D eigenvalue weighted by Gasteiger charge is 2.21. The number of hydrogen-bond acceptors (Lipinski definition) is 2. The lowest BCUT2D eigenvalue weighted by molar-refractivity contribution is 0.189. The Morgan fingerprint density at radius 2 is 2.00 bits per heavy atom. The van der Waals surface area contributed by atoms with E-state index in [2.05, 4.69) is 17.1 Å². The van der Waals surface area contributed by atoms with Crippen molar-refractivity contribution in [1.29, 1.82) is 0 Å². The molecule has 1 atom stereocenters. The number of piperidine rings is 1. The minimum atomic E-state index is -0.380. The fraction of sp³-hybridized carbons (Fsp3) is 0.647. The van der Waals surface area contributed by atoms with Crippen molar-refractivity contribution >= 4 is 0 Å². The number of unbranched alkanes of at least 4 members (excludes halogenated alkanes) is 1. The fourth-order valence-electron chi connectivity index (χ4n) is 2.99. The Balaban J connectivity index is 1.84. The second-order valence-corrected chi connectivity index (χ2v) is 6.02. The predicted octanol–water partition coefficient (Wildman–Crippen LogP) is 3.88. The first-order valence-electron chi connectivity index (χ1n) is 8.03. The van der Waals surface area contributed by atoms with Crippen molar-refractivity contribution in [2.75, 3.05) is 19.6 Å². The highest BCUT2D eigenvalue weighted by molar-refractivity contribution is 5.22. The molecule has 0 radical (unpaired) electrons. The first-order valence-corrected chi connectivity index (χ1v) is 8.03. The molecule has 1 aliphatic rings. The van der Waals surface area contributed by atoms with E-state index in [1.807, 2.05) is 6.92 Å². The summed E-state index contributed by atoms with van der Waals surface area (Å²) in [6, 6.07) is 3.89. The van der Waals surface area contributed by atoms with Crippen molar-refractivity contribution in [3.05, 3.63) is 35.4 Å². The standard InChI is InChI=1S/C17H26F2N2/c1-3-4-9-21-10-7-15(8-11-21)20-13(2)16-12-14(18)5-6-17(16)19/h5-6,12-13,15,20H,3-4,7-11H2,1-2H3. The zero-order valence-electron chi connectivity index (χ0n) is 13.0. The van der Waals surface area contributed by atoms with Gasteiger partial charge in [-0.1, -0.05) is 13.3 Å². The van der Waals surface area contributed by atoms with Gasteiger partial charge in [-0.2, -0.15) is 0 Å². The van der Waals surface area contributed by atoms with Gasteiger partial charge < -0.3 is 10.2 Å². The summed E-state index contributed by atoms with van der Waals surface area (Å²) < 4.78 is 27.0. The van der Waals surface area contributed by atoms with Crippen LogP contribution < -0.4 is 5.32 Å². The molecule has 0 aromatic heterocycles. The molecule has 2 rings (SSSR count). The van der Waals surface area contributed by atoms with Gasteiger partial charge in [0.1, 0.15) is 11.6 Å². The predicted molar refractivity (Wildman–Crippen MR) is 82.3 cm³/mol. The van der Waals surface area contributed by atoms with Crippen LogP contribution in [0.5, 0.6) is 0 Å². The Kier molecular flexibility index (Phi) is 6.12. The molecule has 118 valence electrons. The van der Waals surface area contributed by atoms with E-state index in [0.29, 0.717) is 11.6 Å². The summed E-state index contributed by atoms with van der Waals surface area (Å²) in [5.74, 6) is -0.716. The van der Waals surface area contributed by atoms with Crippen molar-refractivity contribution in [2.24, 2.45) is 0 Å². The Morgan fingerprint density at radius 1 is 1.29 bits per heavy atom. The van der Waals surface area contributed by atoms with Crippen LogP contribution in [0.25, 0.3) is 0 Å². The van der Waals surface area contributed by atoms with Gasteiger partial charge in [0.05, 0.1) is 0 Å². The number of benzene rings is 1. The van der Waals surface area contributed by atoms with Gasteiger partial charge in [0.2, 0.25) is 0 Å². The van der Waals surface area contributed by atoms with Gasteiger partial charge in [-0.05, 0) is 64.0 Å². The summed E-state index contributed by atoms with van der Waals surface area (Å²) in [7, 11) is 0. The van der Waals surface area contributed by atoms with Crippen molar-refractivity contribution < 1.29 is 8.78 Å². The smallest absolute Gasteiger partial charge is 0.128 e. The molecule has 1 N–H and O–H groups in total. The van der Waals surface area contributed by atoms with E-state index in [0.717, 1.165) is 32.0 Å². The van der Waals surface area contributed by atoms with Gasteiger partial charge in [-0.15, -0.1) is 0 Å². The van der Waals surface area contributed by atoms with Crippen LogP contribution in [-0.4, -0.2) is 30.6 Å². The second kappa shape index (κ2) is 7.85. The van der Waals surface area contributed by atoms with Gasteiger partial charge in [-0.25, -0.2) is 8.78 Å². The van der Waals surface area contributed by atoms with E-state index < -0.39 is 0 Å². The Morgan fingerprint density at radius 3 is 2.67 bits per heavy atom. The first-order chi connectivity index (χ1) is 10.1. The maximum absolute atomic E-state index is 13.8. The summed E-state index contributed by atoms with van der Waals surface area (Å²) >= 11 is 0. The van der Waals surface area contributed by atoms with Crippen LogP contribution in [0.3, 0.4) is 0 Å². The molecule has 1 heterocycles. The van der Waals surface area contributed by atoms with E-state index in [9.17, 15) is 8.78 Å². The second-order valence-electron chi connectivity index (χ2n) is 6.02. The minimum Gasteiger partial charge on any atom is -0.307 e. The maximum atomic E-state index is 13.8. The summed E-state index contributed by atoms with van der Waals surface area (Å²) in [4.78, 5) is 2.50. The lowest BCUT2D eigenvalue weighted by Crippen LogP contribution is -2.43. The average molecular weight is 296 g/mol. The number of nitrogens with zero attached hydrogens (tertiary/aromatic N) is 1. The van der Waals surface area contributed by atoms with Gasteiger partial charge in [-0.3, -0.25) is 0 Å². The van der Waals surface area contributed by atoms with E-state index in [1.54, 1.807) is 0 Å². The number of rotatable bonds is 6. The highest BCUT2D eigenvalue weighted by atomic mass is 19.1. The number of hydrogen-bond donors (Lipinski definition) is 1. The Hall–Kier alpha value is -1.00. The topological polar surface area (TPSA) is 15.3 Å². The van der Waals surface area contributed by atoms with Gasteiger partial charge >= 0.3 is 0 Å². The minimum absolute atomic E-state index is 0.159. The third kappa shape index (κ3) is 4.75. The van der Waals surface area contributed by atoms with E-state index in [4.69, 9.17) is 0 Å². The third-order valence-electron chi connectivity index (χ3n) is 4.33. The molecule has 0 bridgehead atoms. The monoisotopic (exact) mass is 296 g/mol. The number of likely N-dealkylation sites (tertiary alicyclic amines) is 1. The maximum Gasteiger partial charge on any atom is 0.128 e. The molecule has 2 nitrogen and oxygen atoms in total. The third-order valence-corrected chi connectivity index (χ3v) is 4.33. The zero-order chi connectivity index (χ0) is 15.2. The van der Waals surface area contributed by atoms with Crippen molar-refractivity contribution in [2.45, 2.75) is 51.6 Å². The quantitative estimate of drug-likeness (QED) is 0.857. The largest absolute Gasteiger partial charge is 0.307 e. The van der Waals surface area contributed by atoms with E-state index >= 15 is 0 Å². The van der Waals surface area contributed by atoms with Crippen LogP contribution in [0, 0.1) is 11.6 Å². The highest BCUT2D eigenvalue weighted by Crippen LogP contribution is 2.21. The van der Waals surface area contributed by atoms with Crippen molar-refractivity contribution in [3.8, 4) is 0 Å². The van der Waals surface area contributed by atoms with Crippen LogP contribution in [-0.2, 0) is 0 Å². The van der Waals surface area contributed by atoms with Gasteiger partial charge in [0, 0.05) is 17.6 Å². The summed E-state index contributed by atoms with van der Waals surface area (Å²) in [5, 5.41) is 3.45. The number of nitrogens with one attached hydrogen (secondary N) is 1. The summed E-state index contributed by atoms with van der Waals surface area (Å²) in [6.45, 7) is 7.48. The van der Waals surface area contributed by atoms with Crippen LogP contribution in [0.15, 0.2) is 18.2 Å². The lowest BCUT2D eigenvalue weighted by atomic mass is 10.0. The van der Waals surface area contributed by atoms with Crippen LogP contribution >= 0.6 is 0 Å². The zero-order valence-corrected chi connectivity index (χ0v) is 13.0. The first kappa shape index (κ1) is 16.4. The molecule has 0 saturated carbocycles. The molecule has 0 amide bonds. The molecule has 1 fully saturated rings. The average Bonchev–Trinajstić information content (AvgIpc) is 2.49. The summed E-state index contributed by atoms with van der Waals surface area (Å²) in [5.41, 5.74) is 0.420.